The first kappa shape index (κ1) is 22.3. The van der Waals surface area contributed by atoms with Crippen LogP contribution in [0.4, 0.5) is 5.69 Å². The second kappa shape index (κ2) is 8.48. The maximum absolute atomic E-state index is 13.6. The molecule has 2 aromatic carbocycles. The van der Waals surface area contributed by atoms with Crippen LogP contribution in [0.15, 0.2) is 53.7 Å². The number of esters is 1. The number of benzene rings is 2. The van der Waals surface area contributed by atoms with Gasteiger partial charge in [-0.05, 0) is 67.8 Å². The lowest BCUT2D eigenvalue weighted by Crippen LogP contribution is -2.41. The number of amides is 2. The summed E-state index contributed by atoms with van der Waals surface area (Å²) in [7, 11) is 0. The molecule has 0 N–H and O–H groups in total. The van der Waals surface area contributed by atoms with Gasteiger partial charge < -0.3 is 14.3 Å². The highest BCUT2D eigenvalue weighted by Gasteiger charge is 2.70. The van der Waals surface area contributed by atoms with Crippen LogP contribution in [0, 0.1) is 40.9 Å². The zero-order valence-corrected chi connectivity index (χ0v) is 19.5. The fourth-order valence-corrected chi connectivity index (χ4v) is 6.42. The molecule has 2 bridgehead atoms. The number of rotatable bonds is 6. The highest BCUT2D eigenvalue weighted by molar-refractivity contribution is 6.23. The van der Waals surface area contributed by atoms with Crippen LogP contribution in [0.1, 0.15) is 29.3 Å². The molecule has 0 spiro atoms. The van der Waals surface area contributed by atoms with Crippen LogP contribution in [-0.2, 0) is 19.2 Å². The molecule has 182 valence electrons. The summed E-state index contributed by atoms with van der Waals surface area (Å²) >= 11 is 0. The highest BCUT2D eigenvalue weighted by Crippen LogP contribution is 2.62. The zero-order valence-electron chi connectivity index (χ0n) is 19.5. The predicted molar refractivity (Wildman–Crippen MR) is 126 cm³/mol. The van der Waals surface area contributed by atoms with Crippen molar-refractivity contribution in [2.24, 2.45) is 34.7 Å². The van der Waals surface area contributed by atoms with Crippen molar-refractivity contribution < 1.29 is 28.7 Å². The highest BCUT2D eigenvalue weighted by atomic mass is 16.6. The second-order valence-corrected chi connectivity index (χ2v) is 9.44. The SMILES string of the molecule is CCOC(=O)c1ccc(N2C(=O)[C@@H]3[C@H]4C[C@@H]([C@@H]5C(c6ccc(OCC#N)cc6)=NO[C@H]45)[C@@H]3C2=O)cc1. The number of oxime groups is 1. The van der Waals surface area contributed by atoms with Gasteiger partial charge in [0, 0.05) is 17.4 Å². The average molecular weight is 485 g/mol. The molecule has 3 fully saturated rings. The van der Waals surface area contributed by atoms with Crippen LogP contribution < -0.4 is 9.64 Å². The Balaban J connectivity index is 1.24. The minimum absolute atomic E-state index is 0.0287. The summed E-state index contributed by atoms with van der Waals surface area (Å²) in [6.07, 6.45) is 0.517. The Bertz CT molecular complexity index is 1310. The number of nitriles is 1. The number of imide groups is 1. The quantitative estimate of drug-likeness (QED) is 0.456. The van der Waals surface area contributed by atoms with Gasteiger partial charge >= 0.3 is 5.97 Å². The third-order valence-electron chi connectivity index (χ3n) is 7.78. The molecule has 9 heteroatoms. The van der Waals surface area contributed by atoms with Crippen molar-refractivity contribution in [3.8, 4) is 11.8 Å². The van der Waals surface area contributed by atoms with Crippen molar-refractivity contribution in [3.63, 3.8) is 0 Å². The molecule has 2 aliphatic heterocycles. The molecule has 4 aliphatic rings. The Hall–Kier alpha value is -4.19. The van der Waals surface area contributed by atoms with E-state index in [4.69, 9.17) is 19.6 Å². The maximum atomic E-state index is 13.6. The minimum atomic E-state index is -0.445. The molecule has 9 nitrogen and oxygen atoms in total. The van der Waals surface area contributed by atoms with Gasteiger partial charge in [-0.1, -0.05) is 5.16 Å². The molecule has 0 unspecified atom stereocenters. The summed E-state index contributed by atoms with van der Waals surface area (Å²) in [5.41, 5.74) is 2.49. The molecule has 6 atom stereocenters. The van der Waals surface area contributed by atoms with Gasteiger partial charge in [-0.15, -0.1) is 0 Å². The van der Waals surface area contributed by atoms with E-state index >= 15 is 0 Å². The number of fused-ring (bicyclic) bond motifs is 8. The number of hydrogen-bond donors (Lipinski definition) is 0. The van der Waals surface area contributed by atoms with Gasteiger partial charge in [-0.2, -0.15) is 5.26 Å². The lowest BCUT2D eigenvalue weighted by molar-refractivity contribution is -0.125. The summed E-state index contributed by atoms with van der Waals surface area (Å²) < 4.78 is 10.3. The van der Waals surface area contributed by atoms with E-state index in [1.54, 1.807) is 43.3 Å². The Labute approximate surface area is 207 Å². The van der Waals surface area contributed by atoms with E-state index in [0.717, 1.165) is 17.7 Å². The van der Waals surface area contributed by atoms with Gasteiger partial charge in [-0.25, -0.2) is 4.79 Å². The van der Waals surface area contributed by atoms with Crippen LogP contribution in [0.2, 0.25) is 0 Å². The molecular formula is C27H23N3O6. The lowest BCUT2D eigenvalue weighted by Gasteiger charge is -2.29. The number of anilines is 1. The topological polar surface area (TPSA) is 118 Å². The van der Waals surface area contributed by atoms with Crippen molar-refractivity contribution in [2.45, 2.75) is 19.4 Å². The van der Waals surface area contributed by atoms with Crippen molar-refractivity contribution in [1.29, 1.82) is 5.26 Å². The number of carbonyl (C=O) groups is 3. The summed E-state index contributed by atoms with van der Waals surface area (Å²) in [4.78, 5) is 46.1. The molecule has 2 heterocycles. The van der Waals surface area contributed by atoms with E-state index in [2.05, 4.69) is 5.16 Å². The molecule has 2 saturated carbocycles. The lowest BCUT2D eigenvalue weighted by atomic mass is 9.71. The molecule has 2 aromatic rings. The van der Waals surface area contributed by atoms with Crippen molar-refractivity contribution in [2.75, 3.05) is 18.1 Å². The van der Waals surface area contributed by atoms with Crippen LogP contribution in [0.3, 0.4) is 0 Å². The predicted octanol–water partition coefficient (Wildman–Crippen LogP) is 2.94. The maximum Gasteiger partial charge on any atom is 0.338 e. The first-order valence-corrected chi connectivity index (χ1v) is 12.0. The Morgan fingerprint density at radius 3 is 2.42 bits per heavy atom. The van der Waals surface area contributed by atoms with Crippen LogP contribution in [-0.4, -0.2) is 42.8 Å². The van der Waals surface area contributed by atoms with Gasteiger partial charge in [0.25, 0.3) is 0 Å². The first-order chi connectivity index (χ1) is 17.5. The third-order valence-corrected chi connectivity index (χ3v) is 7.78. The normalized spacial score (nSPS) is 29.3. The number of ether oxygens (including phenoxy) is 2. The third kappa shape index (κ3) is 3.21. The summed E-state index contributed by atoms with van der Waals surface area (Å²) in [5.74, 6) is -1.30. The molecule has 2 amide bonds. The molecule has 6 rings (SSSR count). The number of nitrogens with zero attached hydrogens (tertiary/aromatic N) is 3. The molecule has 2 aliphatic carbocycles. The fourth-order valence-electron chi connectivity index (χ4n) is 6.42. The Morgan fingerprint density at radius 1 is 1.06 bits per heavy atom. The zero-order chi connectivity index (χ0) is 25.0. The van der Waals surface area contributed by atoms with Crippen LogP contribution >= 0.6 is 0 Å². The molecule has 0 radical (unpaired) electrons. The smallest absolute Gasteiger partial charge is 0.338 e. The van der Waals surface area contributed by atoms with Gasteiger partial charge in [0.05, 0.1) is 35.4 Å². The Morgan fingerprint density at radius 2 is 1.75 bits per heavy atom. The van der Waals surface area contributed by atoms with Crippen LogP contribution in [0.25, 0.3) is 0 Å². The summed E-state index contributed by atoms with van der Waals surface area (Å²) in [5, 5.41) is 13.1. The fraction of sp³-hybridized carbons (Fsp3) is 0.370. The van der Waals surface area contributed by atoms with Crippen molar-refractivity contribution >= 4 is 29.2 Å². The van der Waals surface area contributed by atoms with Crippen molar-refractivity contribution in [3.05, 3.63) is 59.7 Å². The van der Waals surface area contributed by atoms with E-state index in [1.165, 1.54) is 4.90 Å². The second-order valence-electron chi connectivity index (χ2n) is 9.44. The standard InChI is InChI=1S/C27H23N3O6/c1-2-34-27(33)15-3-7-16(8-4-15)30-25(31)20-18-13-19(21(20)26(30)32)24-22(18)23(29-36-24)14-5-9-17(10-6-14)35-12-11-28/h3-10,18-22,24H,2,12-13H2,1H3/t18-,19-,20+,21-,22-,24-/m1/s1. The van der Waals surface area contributed by atoms with Crippen molar-refractivity contribution in [1.82, 2.24) is 0 Å². The largest absolute Gasteiger partial charge is 0.479 e. The average Bonchev–Trinajstić information content (AvgIpc) is 3.64. The van der Waals surface area contributed by atoms with Gasteiger partial charge in [0.2, 0.25) is 11.8 Å². The van der Waals surface area contributed by atoms with Gasteiger partial charge in [0.15, 0.2) is 6.61 Å². The van der Waals surface area contributed by atoms with Gasteiger partial charge in [0.1, 0.15) is 17.9 Å². The van der Waals surface area contributed by atoms with E-state index < -0.39 is 17.8 Å². The van der Waals surface area contributed by atoms with Gasteiger partial charge in [-0.3, -0.25) is 14.5 Å². The Kier molecular flexibility index (Phi) is 5.25. The van der Waals surface area contributed by atoms with Crippen LogP contribution in [0.5, 0.6) is 5.75 Å². The monoisotopic (exact) mass is 485 g/mol. The molecule has 0 aromatic heterocycles. The van der Waals surface area contributed by atoms with E-state index in [-0.39, 0.29) is 48.9 Å². The molecular weight excluding hydrogens is 462 g/mol. The summed E-state index contributed by atoms with van der Waals surface area (Å²) in [6, 6.07) is 15.6. The van der Waals surface area contributed by atoms with E-state index in [9.17, 15) is 14.4 Å². The minimum Gasteiger partial charge on any atom is -0.479 e. The van der Waals surface area contributed by atoms with E-state index in [1.807, 2.05) is 18.2 Å². The summed E-state index contributed by atoms with van der Waals surface area (Å²) in [6.45, 7) is 1.97. The van der Waals surface area contributed by atoms with E-state index in [0.29, 0.717) is 17.0 Å². The molecule has 36 heavy (non-hydrogen) atoms. The number of hydrogen-bond acceptors (Lipinski definition) is 8. The first-order valence-electron chi connectivity index (χ1n) is 12.0. The number of carbonyl (C=O) groups excluding carboxylic acids is 3. The molecule has 1 saturated heterocycles.